The van der Waals surface area contributed by atoms with Gasteiger partial charge in [-0.1, -0.05) is 0 Å². The molecule has 0 aliphatic carbocycles. The van der Waals surface area contributed by atoms with Crippen LogP contribution < -0.4 is 0 Å². The van der Waals surface area contributed by atoms with Gasteiger partial charge in [-0.3, -0.25) is 4.90 Å². The number of rotatable bonds is 5. The summed E-state index contributed by atoms with van der Waals surface area (Å²) in [4.78, 5) is 13.7. The smallest absolute Gasteiger partial charge is 0.341 e. The number of aryl methyl sites for hydroxylation is 1. The third-order valence-corrected chi connectivity index (χ3v) is 3.64. The maximum Gasteiger partial charge on any atom is 0.341 e. The molecule has 0 aromatic carbocycles. The van der Waals surface area contributed by atoms with Gasteiger partial charge < -0.3 is 13.9 Å². The zero-order chi connectivity index (χ0) is 14.7. The van der Waals surface area contributed by atoms with Gasteiger partial charge in [-0.25, -0.2) is 4.79 Å². The summed E-state index contributed by atoms with van der Waals surface area (Å²) in [5.41, 5.74) is 0.502. The van der Waals surface area contributed by atoms with E-state index in [-0.39, 0.29) is 5.97 Å². The lowest BCUT2D eigenvalue weighted by atomic mass is 10.2. The first-order chi connectivity index (χ1) is 9.49. The maximum absolute atomic E-state index is 11.5. The highest BCUT2D eigenvalue weighted by Gasteiger charge is 2.23. The predicted molar refractivity (Wildman–Crippen MR) is 74.7 cm³/mol. The summed E-state index contributed by atoms with van der Waals surface area (Å²) in [7, 11) is 3.40. The second kappa shape index (κ2) is 6.41. The molecule has 0 saturated carbocycles. The van der Waals surface area contributed by atoms with Crippen molar-refractivity contribution in [2.45, 2.75) is 45.4 Å². The number of carbonyl (C=O) groups is 1. The normalized spacial score (nSPS) is 22.4. The third-order valence-electron chi connectivity index (χ3n) is 3.64. The summed E-state index contributed by atoms with van der Waals surface area (Å²) < 4.78 is 16.1. The number of nitrogens with zero attached hydrogens (tertiary/aromatic N) is 1. The molecule has 5 nitrogen and oxygen atoms in total. The van der Waals surface area contributed by atoms with Gasteiger partial charge in [0.2, 0.25) is 0 Å². The van der Waals surface area contributed by atoms with Gasteiger partial charge in [0.15, 0.2) is 0 Å². The highest BCUT2D eigenvalue weighted by Crippen LogP contribution is 2.21. The molecule has 1 saturated heterocycles. The Balaban J connectivity index is 1.91. The van der Waals surface area contributed by atoms with Gasteiger partial charge in [0.25, 0.3) is 0 Å². The van der Waals surface area contributed by atoms with Gasteiger partial charge in [0.1, 0.15) is 17.1 Å². The maximum atomic E-state index is 11.5. The Labute approximate surface area is 119 Å². The molecule has 1 aliphatic rings. The molecule has 0 bridgehead atoms. The molecule has 0 N–H and O–H groups in total. The van der Waals surface area contributed by atoms with Crippen molar-refractivity contribution in [1.29, 1.82) is 0 Å². The highest BCUT2D eigenvalue weighted by molar-refractivity contribution is 5.90. The number of ether oxygens (including phenoxy) is 2. The number of hydrogen-bond donors (Lipinski definition) is 0. The quantitative estimate of drug-likeness (QED) is 0.776. The first kappa shape index (κ1) is 15.1. The number of esters is 1. The molecule has 0 unspecified atom stereocenters. The Morgan fingerprint density at radius 3 is 2.85 bits per heavy atom. The fourth-order valence-corrected chi connectivity index (χ4v) is 2.63. The summed E-state index contributed by atoms with van der Waals surface area (Å²) >= 11 is 0. The molecule has 1 fully saturated rings. The number of likely N-dealkylation sites (N-methyl/N-ethyl adjacent to an activating group) is 1. The summed E-state index contributed by atoms with van der Waals surface area (Å²) in [5.74, 6) is 1.02. The van der Waals surface area contributed by atoms with Crippen molar-refractivity contribution in [2.75, 3.05) is 20.7 Å². The Hall–Kier alpha value is -1.33. The van der Waals surface area contributed by atoms with Crippen LogP contribution in [0.5, 0.6) is 0 Å². The minimum Gasteiger partial charge on any atom is -0.465 e. The molecule has 112 valence electrons. The van der Waals surface area contributed by atoms with Crippen LogP contribution in [0, 0.1) is 6.92 Å². The van der Waals surface area contributed by atoms with E-state index in [1.54, 1.807) is 13.0 Å². The lowest BCUT2D eigenvalue weighted by Crippen LogP contribution is -2.28. The number of hydrogen-bond acceptors (Lipinski definition) is 5. The minimum absolute atomic E-state index is 0.297. The van der Waals surface area contributed by atoms with Crippen LogP contribution in [0.2, 0.25) is 0 Å². The summed E-state index contributed by atoms with van der Waals surface area (Å²) in [5, 5.41) is 0. The fraction of sp³-hybridized carbons (Fsp3) is 0.667. The molecule has 1 aliphatic heterocycles. The molecule has 0 amide bonds. The van der Waals surface area contributed by atoms with E-state index >= 15 is 0 Å². The first-order valence-corrected chi connectivity index (χ1v) is 7.01. The second-order valence-corrected chi connectivity index (χ2v) is 5.52. The van der Waals surface area contributed by atoms with Gasteiger partial charge in [-0.15, -0.1) is 0 Å². The van der Waals surface area contributed by atoms with E-state index in [0.29, 0.717) is 30.1 Å². The average Bonchev–Trinajstić information content (AvgIpc) is 2.94. The van der Waals surface area contributed by atoms with Crippen LogP contribution >= 0.6 is 0 Å². The second-order valence-electron chi connectivity index (χ2n) is 5.52. The number of methoxy groups -OCH3 is 1. The Morgan fingerprint density at radius 2 is 2.25 bits per heavy atom. The molecule has 2 atom stereocenters. The molecule has 2 rings (SSSR count). The zero-order valence-corrected chi connectivity index (χ0v) is 12.6. The van der Waals surface area contributed by atoms with Gasteiger partial charge in [0.05, 0.1) is 25.9 Å². The average molecular weight is 281 g/mol. The van der Waals surface area contributed by atoms with Gasteiger partial charge in [-0.2, -0.15) is 0 Å². The summed E-state index contributed by atoms with van der Waals surface area (Å²) in [6.07, 6.45) is 2.90. The van der Waals surface area contributed by atoms with Gasteiger partial charge >= 0.3 is 5.97 Å². The Morgan fingerprint density at radius 1 is 1.50 bits per heavy atom. The number of carbonyl (C=O) groups excluding carboxylic acids is 1. The van der Waals surface area contributed by atoms with Crippen LogP contribution in [0.3, 0.4) is 0 Å². The van der Waals surface area contributed by atoms with Crippen molar-refractivity contribution in [3.05, 3.63) is 23.2 Å². The molecule has 20 heavy (non-hydrogen) atoms. The van der Waals surface area contributed by atoms with E-state index < -0.39 is 0 Å². The topological polar surface area (TPSA) is 51.9 Å². The van der Waals surface area contributed by atoms with E-state index in [1.807, 2.05) is 7.05 Å². The minimum atomic E-state index is -0.354. The third kappa shape index (κ3) is 3.61. The molecule has 0 radical (unpaired) electrons. The van der Waals surface area contributed by atoms with E-state index in [2.05, 4.69) is 11.8 Å². The molecule has 5 heteroatoms. The lowest BCUT2D eigenvalue weighted by Gasteiger charge is -2.19. The number of furan rings is 1. The first-order valence-electron chi connectivity index (χ1n) is 7.01. The molecular weight excluding hydrogens is 258 g/mol. The summed E-state index contributed by atoms with van der Waals surface area (Å²) in [6.45, 7) is 5.42. The van der Waals surface area contributed by atoms with E-state index in [0.717, 1.165) is 25.1 Å². The molecule has 1 aromatic heterocycles. The van der Waals surface area contributed by atoms with Crippen molar-refractivity contribution in [1.82, 2.24) is 4.90 Å². The van der Waals surface area contributed by atoms with Crippen LogP contribution in [0.1, 0.15) is 41.6 Å². The van der Waals surface area contributed by atoms with Crippen molar-refractivity contribution in [3.8, 4) is 0 Å². The van der Waals surface area contributed by atoms with Crippen LogP contribution in [-0.4, -0.2) is 43.8 Å². The van der Waals surface area contributed by atoms with Crippen LogP contribution in [-0.2, 0) is 16.0 Å². The van der Waals surface area contributed by atoms with E-state index in [9.17, 15) is 4.79 Å². The Kier molecular flexibility index (Phi) is 4.83. The van der Waals surface area contributed by atoms with E-state index in [1.165, 1.54) is 7.11 Å². The molecular formula is C15H23NO4. The van der Waals surface area contributed by atoms with Crippen LogP contribution in [0.4, 0.5) is 0 Å². The highest BCUT2D eigenvalue weighted by atomic mass is 16.5. The monoisotopic (exact) mass is 281 g/mol. The van der Waals surface area contributed by atoms with Crippen LogP contribution in [0.15, 0.2) is 10.5 Å². The molecule has 1 aromatic rings. The van der Waals surface area contributed by atoms with Crippen molar-refractivity contribution in [2.24, 2.45) is 0 Å². The molecule has 2 heterocycles. The zero-order valence-electron chi connectivity index (χ0n) is 12.6. The van der Waals surface area contributed by atoms with Crippen LogP contribution in [0.25, 0.3) is 0 Å². The van der Waals surface area contributed by atoms with Crippen molar-refractivity contribution >= 4 is 5.97 Å². The fourth-order valence-electron chi connectivity index (χ4n) is 2.63. The van der Waals surface area contributed by atoms with Gasteiger partial charge in [0, 0.05) is 6.54 Å². The summed E-state index contributed by atoms with van der Waals surface area (Å²) in [6, 6.07) is 1.76. The van der Waals surface area contributed by atoms with Gasteiger partial charge in [-0.05, 0) is 39.8 Å². The van der Waals surface area contributed by atoms with E-state index in [4.69, 9.17) is 13.9 Å². The Bertz CT molecular complexity index is 468. The largest absolute Gasteiger partial charge is 0.465 e. The van der Waals surface area contributed by atoms with Crippen molar-refractivity contribution < 1.29 is 18.7 Å². The molecule has 0 spiro atoms. The standard InChI is InChI=1S/C15H23NO4/c1-10-5-6-12(19-10)8-16(3)9-13-7-14(11(2)20-13)15(17)18-4/h7,10,12H,5-6,8-9H2,1-4H3/t10-,12-/m0/s1. The predicted octanol–water partition coefficient (Wildman–Crippen LogP) is 2.37. The van der Waals surface area contributed by atoms with Crippen molar-refractivity contribution in [3.63, 3.8) is 0 Å². The lowest BCUT2D eigenvalue weighted by molar-refractivity contribution is 0.0341. The SMILES string of the molecule is COC(=O)c1cc(CN(C)C[C@@H]2CC[C@H](C)O2)oc1C.